The fourth-order valence-electron chi connectivity index (χ4n) is 6.15. The van der Waals surface area contributed by atoms with Gasteiger partial charge in [-0.05, 0) is 70.0 Å². The van der Waals surface area contributed by atoms with E-state index < -0.39 is 5.60 Å². The Morgan fingerprint density at radius 3 is 1.59 bits per heavy atom. The number of ether oxygens (including phenoxy) is 1. The number of carbonyl (C=O) groups is 1. The minimum absolute atomic E-state index is 0.0705. The first kappa shape index (κ1) is 36.2. The molecule has 4 heterocycles. The van der Waals surface area contributed by atoms with Gasteiger partial charge in [0.25, 0.3) is 0 Å². The Bertz CT molecular complexity index is 1600. The van der Waals surface area contributed by atoms with Gasteiger partial charge >= 0.3 is 6.09 Å². The fourth-order valence-corrected chi connectivity index (χ4v) is 6.15. The summed E-state index contributed by atoms with van der Waals surface area (Å²) in [6, 6.07) is 13.5. The van der Waals surface area contributed by atoms with Crippen molar-refractivity contribution in [3.05, 3.63) is 108 Å². The van der Waals surface area contributed by atoms with E-state index in [1.54, 1.807) is 4.90 Å². The van der Waals surface area contributed by atoms with Crippen molar-refractivity contribution in [3.8, 4) is 0 Å². The van der Waals surface area contributed by atoms with Gasteiger partial charge in [-0.25, -0.2) is 23.5 Å². The number of halogens is 2. The third-order valence-electron chi connectivity index (χ3n) is 9.04. The van der Waals surface area contributed by atoms with Crippen molar-refractivity contribution in [2.24, 2.45) is 0 Å². The monoisotopic (exact) mass is 676 g/mol. The highest BCUT2D eigenvalue weighted by molar-refractivity contribution is 5.68. The lowest BCUT2D eigenvalue weighted by Gasteiger charge is -2.35. The van der Waals surface area contributed by atoms with Crippen LogP contribution < -0.4 is 5.32 Å². The Hall–Kier alpha value is -4.13. The zero-order chi connectivity index (χ0) is 35.0. The van der Waals surface area contributed by atoms with Crippen LogP contribution in [0.15, 0.2) is 73.6 Å². The Balaban J connectivity index is 0.000000199. The molecule has 6 rings (SSSR count). The molecular formula is C37H50F2N8O2. The molecule has 0 spiro atoms. The van der Waals surface area contributed by atoms with Crippen LogP contribution >= 0.6 is 0 Å². The molecule has 2 atom stereocenters. The van der Waals surface area contributed by atoms with E-state index in [4.69, 9.17) is 4.74 Å². The lowest BCUT2D eigenvalue weighted by Crippen LogP contribution is -2.49. The summed E-state index contributed by atoms with van der Waals surface area (Å²) in [5.41, 5.74) is 3.96. The zero-order valence-electron chi connectivity index (χ0n) is 29.4. The predicted octanol–water partition coefficient (Wildman–Crippen LogP) is 5.72. The molecule has 0 unspecified atom stereocenters. The summed E-state index contributed by atoms with van der Waals surface area (Å²) in [6.07, 6.45) is 7.25. The molecule has 2 aliphatic heterocycles. The quantitative estimate of drug-likeness (QED) is 0.256. The Morgan fingerprint density at radius 1 is 0.735 bits per heavy atom. The van der Waals surface area contributed by atoms with Crippen molar-refractivity contribution >= 4 is 6.09 Å². The number of nitrogens with zero attached hydrogens (tertiary/aromatic N) is 7. The average Bonchev–Trinajstić information content (AvgIpc) is 3.75. The molecule has 2 aliphatic rings. The van der Waals surface area contributed by atoms with Crippen LogP contribution in [0.3, 0.4) is 0 Å². The molecule has 2 aromatic heterocycles. The molecule has 49 heavy (non-hydrogen) atoms. The van der Waals surface area contributed by atoms with E-state index in [1.165, 1.54) is 30.0 Å². The first-order valence-corrected chi connectivity index (χ1v) is 17.1. The molecule has 0 saturated carbocycles. The second-order valence-electron chi connectivity index (χ2n) is 13.8. The highest BCUT2D eigenvalue weighted by Crippen LogP contribution is 2.23. The van der Waals surface area contributed by atoms with Crippen molar-refractivity contribution < 1.29 is 18.3 Å². The summed E-state index contributed by atoms with van der Waals surface area (Å²) in [4.78, 5) is 27.3. The molecule has 0 radical (unpaired) electrons. The lowest BCUT2D eigenvalue weighted by molar-refractivity contribution is 0.0137. The second kappa shape index (κ2) is 16.5. The molecule has 10 nitrogen and oxygen atoms in total. The second-order valence-corrected chi connectivity index (χ2v) is 13.8. The summed E-state index contributed by atoms with van der Waals surface area (Å²) in [6.45, 7) is 18.6. The molecule has 2 saturated heterocycles. The number of carbonyl (C=O) groups excluding carboxylic acids is 1. The molecule has 4 aromatic rings. The number of imidazole rings is 2. The van der Waals surface area contributed by atoms with Crippen LogP contribution in [0.2, 0.25) is 0 Å². The third kappa shape index (κ3) is 10.2. The Labute approximate surface area is 288 Å². The number of amides is 1. The maximum absolute atomic E-state index is 13.2. The summed E-state index contributed by atoms with van der Waals surface area (Å²) in [5, 5.41) is 3.36. The largest absolute Gasteiger partial charge is 0.444 e. The normalized spacial score (nSPS) is 17.2. The minimum Gasteiger partial charge on any atom is -0.444 e. The third-order valence-corrected chi connectivity index (χ3v) is 9.04. The summed E-state index contributed by atoms with van der Waals surface area (Å²) < 4.78 is 36.0. The van der Waals surface area contributed by atoms with Gasteiger partial charge in [0.2, 0.25) is 0 Å². The number of rotatable bonds is 8. The van der Waals surface area contributed by atoms with Gasteiger partial charge < -0.3 is 24.1 Å². The van der Waals surface area contributed by atoms with E-state index in [0.717, 1.165) is 69.2 Å². The van der Waals surface area contributed by atoms with Gasteiger partial charge in [-0.2, -0.15) is 0 Å². The lowest BCUT2D eigenvalue weighted by atomic mass is 10.1. The van der Waals surface area contributed by atoms with Gasteiger partial charge in [-0.15, -0.1) is 0 Å². The SMILES string of the molecule is C[C@H](c1ccc(F)cc1)n1cncc1CN1CCN(C(=O)OC(C)(C)C)CC1.C[C@H](c1ccc(F)cc1)n1cncc1CN1CCNCC1. The van der Waals surface area contributed by atoms with Crippen molar-refractivity contribution in [2.75, 3.05) is 52.4 Å². The van der Waals surface area contributed by atoms with Crippen LogP contribution in [0.25, 0.3) is 0 Å². The van der Waals surface area contributed by atoms with Crippen LogP contribution in [-0.2, 0) is 17.8 Å². The smallest absolute Gasteiger partial charge is 0.410 e. The van der Waals surface area contributed by atoms with Gasteiger partial charge in [-0.3, -0.25) is 9.80 Å². The standard InChI is InChI=1S/C21H29FN4O2.C16H21FN4/c1-16(17-5-7-18(22)8-6-17)26-15-23-13-19(26)14-24-9-11-25(12-10-24)20(27)28-21(2,3)4;1-13(14-2-4-15(17)5-3-14)21-12-19-10-16(21)11-20-8-6-18-7-9-20/h5-8,13,15-16H,9-12,14H2,1-4H3;2-5,10,12-13,18H,6-9,11H2,1H3/t16-;13-/m11/s1. The Kier molecular flexibility index (Phi) is 12.2. The van der Waals surface area contributed by atoms with Crippen LogP contribution in [0.5, 0.6) is 0 Å². The Morgan fingerprint density at radius 2 is 1.16 bits per heavy atom. The van der Waals surface area contributed by atoms with Crippen molar-refractivity contribution in [3.63, 3.8) is 0 Å². The molecule has 0 aliphatic carbocycles. The van der Waals surface area contributed by atoms with E-state index >= 15 is 0 Å². The molecule has 2 aromatic carbocycles. The molecule has 1 N–H and O–H groups in total. The predicted molar refractivity (Wildman–Crippen MR) is 186 cm³/mol. The molecule has 0 bridgehead atoms. The maximum atomic E-state index is 13.2. The van der Waals surface area contributed by atoms with Gasteiger partial charge in [0.15, 0.2) is 0 Å². The number of aromatic nitrogens is 4. The first-order chi connectivity index (χ1) is 23.5. The number of benzene rings is 2. The van der Waals surface area contributed by atoms with E-state index in [0.29, 0.717) is 13.1 Å². The highest BCUT2D eigenvalue weighted by atomic mass is 19.1. The van der Waals surface area contributed by atoms with Gasteiger partial charge in [0, 0.05) is 77.8 Å². The zero-order valence-corrected chi connectivity index (χ0v) is 29.4. The highest BCUT2D eigenvalue weighted by Gasteiger charge is 2.26. The van der Waals surface area contributed by atoms with Crippen LogP contribution in [-0.4, -0.2) is 97.9 Å². The van der Waals surface area contributed by atoms with Crippen molar-refractivity contribution in [1.82, 2.24) is 39.1 Å². The van der Waals surface area contributed by atoms with E-state index in [1.807, 2.05) is 70.1 Å². The summed E-state index contributed by atoms with van der Waals surface area (Å²) in [5.74, 6) is -0.428. The van der Waals surface area contributed by atoms with Gasteiger partial charge in [-0.1, -0.05) is 24.3 Å². The molecule has 12 heteroatoms. The molecule has 2 fully saturated rings. The van der Waals surface area contributed by atoms with Crippen molar-refractivity contribution in [1.29, 1.82) is 0 Å². The fraction of sp³-hybridized carbons (Fsp3) is 0.486. The van der Waals surface area contributed by atoms with Crippen LogP contribution in [0.1, 0.15) is 69.2 Å². The minimum atomic E-state index is -0.475. The van der Waals surface area contributed by atoms with E-state index in [9.17, 15) is 13.6 Å². The maximum Gasteiger partial charge on any atom is 0.410 e. The number of hydrogen-bond acceptors (Lipinski definition) is 7. The number of hydrogen-bond donors (Lipinski definition) is 1. The molecule has 1 amide bonds. The summed E-state index contributed by atoms with van der Waals surface area (Å²) in [7, 11) is 0. The first-order valence-electron chi connectivity index (χ1n) is 17.1. The van der Waals surface area contributed by atoms with Crippen LogP contribution in [0, 0.1) is 11.6 Å². The van der Waals surface area contributed by atoms with Crippen molar-refractivity contribution in [2.45, 2.75) is 65.4 Å². The van der Waals surface area contributed by atoms with E-state index in [2.05, 4.69) is 48.1 Å². The average molecular weight is 677 g/mol. The summed E-state index contributed by atoms with van der Waals surface area (Å²) >= 11 is 0. The van der Waals surface area contributed by atoms with Gasteiger partial charge in [0.1, 0.15) is 17.2 Å². The van der Waals surface area contributed by atoms with Gasteiger partial charge in [0.05, 0.1) is 36.1 Å². The molecular weight excluding hydrogens is 626 g/mol. The molecule has 264 valence electrons. The topological polar surface area (TPSA) is 83.7 Å². The number of nitrogens with one attached hydrogen (secondary N) is 1. The van der Waals surface area contributed by atoms with Crippen LogP contribution in [0.4, 0.5) is 13.6 Å². The number of piperazine rings is 2. The van der Waals surface area contributed by atoms with E-state index in [-0.39, 0.29) is 29.8 Å².